The second-order valence-electron chi connectivity index (χ2n) is 2.63. The molecule has 0 aromatic heterocycles. The molecule has 0 fully saturated rings. The minimum atomic E-state index is -0.252. The first-order chi connectivity index (χ1) is 6.71. The van der Waals surface area contributed by atoms with Gasteiger partial charge in [-0.25, -0.2) is 4.79 Å². The molecular weight excluding hydrogens is 180 g/mol. The maximum atomic E-state index is 11.6. The fraction of sp³-hybridized carbons (Fsp3) is 0.667. The second-order valence-corrected chi connectivity index (χ2v) is 2.63. The van der Waals surface area contributed by atoms with Crippen molar-refractivity contribution in [2.45, 2.75) is 13.8 Å². The minimum absolute atomic E-state index is 0.0388. The van der Waals surface area contributed by atoms with E-state index >= 15 is 0 Å². The zero-order valence-corrected chi connectivity index (χ0v) is 8.53. The third-order valence-electron chi connectivity index (χ3n) is 1.83. The summed E-state index contributed by atoms with van der Waals surface area (Å²) in [5, 5.41) is 16.9. The molecule has 0 heterocycles. The van der Waals surface area contributed by atoms with E-state index in [4.69, 9.17) is 10.5 Å². The van der Waals surface area contributed by atoms with Gasteiger partial charge in [-0.15, -0.1) is 0 Å². The molecule has 0 unspecified atom stereocenters. The Morgan fingerprint density at radius 1 is 1.07 bits per heavy atom. The first-order valence-corrected chi connectivity index (χ1v) is 4.48. The van der Waals surface area contributed by atoms with Crippen LogP contribution in [-0.2, 0) is 0 Å². The van der Waals surface area contributed by atoms with Gasteiger partial charge in [0.05, 0.1) is 12.1 Å². The van der Waals surface area contributed by atoms with Crippen LogP contribution < -0.4 is 0 Å². The quantitative estimate of drug-likeness (QED) is 0.621. The molecule has 0 saturated heterocycles. The summed E-state index contributed by atoms with van der Waals surface area (Å²) in [4.78, 5) is 14.4. The number of hydrogen-bond donors (Lipinski definition) is 0. The second kappa shape index (κ2) is 6.73. The number of nitriles is 2. The Morgan fingerprint density at radius 3 is 1.79 bits per heavy atom. The molecule has 0 atom stereocenters. The molecule has 0 aromatic carbocycles. The molecule has 0 aliphatic heterocycles. The molecule has 76 valence electrons. The molecule has 0 aromatic rings. The maximum Gasteiger partial charge on any atom is 0.321 e. The van der Waals surface area contributed by atoms with Gasteiger partial charge >= 0.3 is 6.03 Å². The Labute approximate surface area is 84.1 Å². The van der Waals surface area contributed by atoms with E-state index in [1.807, 2.05) is 26.0 Å². The van der Waals surface area contributed by atoms with E-state index < -0.39 is 0 Å². The van der Waals surface area contributed by atoms with Gasteiger partial charge in [-0.1, -0.05) is 0 Å². The average Bonchev–Trinajstić information content (AvgIpc) is 2.19. The van der Waals surface area contributed by atoms with Crippen molar-refractivity contribution in [3.8, 4) is 12.1 Å². The fourth-order valence-electron chi connectivity index (χ4n) is 1.06. The molecule has 0 bridgehead atoms. The SMILES string of the molecule is CCN(CC)C(=O)N(CC#N)CC#N. The molecule has 0 rings (SSSR count). The normalized spacial score (nSPS) is 8.57. The molecule has 2 amide bonds. The zero-order chi connectivity index (χ0) is 11.0. The number of carbonyl (C=O) groups excluding carboxylic acids is 1. The lowest BCUT2D eigenvalue weighted by Crippen LogP contribution is -2.43. The Hall–Kier alpha value is -1.75. The largest absolute Gasteiger partial charge is 0.325 e. The third-order valence-corrected chi connectivity index (χ3v) is 1.83. The van der Waals surface area contributed by atoms with Gasteiger partial charge in [0.25, 0.3) is 0 Å². The van der Waals surface area contributed by atoms with Gasteiger partial charge in [0.1, 0.15) is 13.1 Å². The van der Waals surface area contributed by atoms with E-state index in [0.29, 0.717) is 13.1 Å². The van der Waals surface area contributed by atoms with Crippen LogP contribution >= 0.6 is 0 Å². The highest BCUT2D eigenvalue weighted by atomic mass is 16.2. The van der Waals surface area contributed by atoms with E-state index in [1.54, 1.807) is 4.90 Å². The number of amides is 2. The highest BCUT2D eigenvalue weighted by Crippen LogP contribution is 1.97. The fourth-order valence-corrected chi connectivity index (χ4v) is 1.06. The van der Waals surface area contributed by atoms with E-state index in [0.717, 1.165) is 0 Å². The highest BCUT2D eigenvalue weighted by molar-refractivity contribution is 5.74. The molecule has 0 N–H and O–H groups in total. The number of nitrogens with zero attached hydrogens (tertiary/aromatic N) is 4. The monoisotopic (exact) mass is 194 g/mol. The molecule has 5 heteroatoms. The van der Waals surface area contributed by atoms with Gasteiger partial charge in [0.15, 0.2) is 0 Å². The van der Waals surface area contributed by atoms with Crippen molar-refractivity contribution in [1.82, 2.24) is 9.80 Å². The van der Waals surface area contributed by atoms with Crippen LogP contribution in [0.1, 0.15) is 13.8 Å². The van der Waals surface area contributed by atoms with Crippen molar-refractivity contribution >= 4 is 6.03 Å². The van der Waals surface area contributed by atoms with Crippen LogP contribution in [0.15, 0.2) is 0 Å². The average molecular weight is 194 g/mol. The summed E-state index contributed by atoms with van der Waals surface area (Å²) in [6.07, 6.45) is 0. The van der Waals surface area contributed by atoms with Crippen LogP contribution in [0.2, 0.25) is 0 Å². The van der Waals surface area contributed by atoms with Crippen molar-refractivity contribution in [2.24, 2.45) is 0 Å². The van der Waals surface area contributed by atoms with Crippen molar-refractivity contribution in [1.29, 1.82) is 10.5 Å². The van der Waals surface area contributed by atoms with Crippen LogP contribution in [0.5, 0.6) is 0 Å². The maximum absolute atomic E-state index is 11.6. The molecule has 0 radical (unpaired) electrons. The number of urea groups is 1. The van der Waals surface area contributed by atoms with E-state index in [9.17, 15) is 4.79 Å². The van der Waals surface area contributed by atoms with Crippen molar-refractivity contribution in [3.63, 3.8) is 0 Å². The van der Waals surface area contributed by atoms with Gasteiger partial charge in [-0.3, -0.25) is 4.90 Å². The summed E-state index contributed by atoms with van der Waals surface area (Å²) in [6, 6.07) is 3.48. The molecule has 14 heavy (non-hydrogen) atoms. The first-order valence-electron chi connectivity index (χ1n) is 4.48. The lowest BCUT2D eigenvalue weighted by atomic mass is 10.4. The molecule has 0 saturated carbocycles. The Kier molecular flexibility index (Phi) is 5.89. The molecular formula is C9H14N4O. The lowest BCUT2D eigenvalue weighted by molar-refractivity contribution is 0.168. The number of hydrogen-bond acceptors (Lipinski definition) is 3. The van der Waals surface area contributed by atoms with Crippen LogP contribution in [-0.4, -0.2) is 42.0 Å². The summed E-state index contributed by atoms with van der Waals surface area (Å²) < 4.78 is 0. The molecule has 0 spiro atoms. The van der Waals surface area contributed by atoms with Gasteiger partial charge in [-0.05, 0) is 13.8 Å². The van der Waals surface area contributed by atoms with Crippen LogP contribution in [0.4, 0.5) is 4.79 Å². The predicted octanol–water partition coefficient (Wildman–Crippen LogP) is 0.797. The van der Waals surface area contributed by atoms with Crippen LogP contribution in [0.3, 0.4) is 0 Å². The first kappa shape index (κ1) is 12.2. The van der Waals surface area contributed by atoms with Crippen molar-refractivity contribution in [2.75, 3.05) is 26.2 Å². The summed E-state index contributed by atoms with van der Waals surface area (Å²) >= 11 is 0. The highest BCUT2D eigenvalue weighted by Gasteiger charge is 2.17. The van der Waals surface area contributed by atoms with E-state index in [1.165, 1.54) is 4.90 Å². The number of carbonyl (C=O) groups is 1. The summed E-state index contributed by atoms with van der Waals surface area (Å²) in [6.45, 7) is 4.81. The van der Waals surface area contributed by atoms with Gasteiger partial charge in [0.2, 0.25) is 0 Å². The van der Waals surface area contributed by atoms with Crippen LogP contribution in [0.25, 0.3) is 0 Å². The third kappa shape index (κ3) is 3.32. The van der Waals surface area contributed by atoms with E-state index in [-0.39, 0.29) is 19.1 Å². The molecule has 5 nitrogen and oxygen atoms in total. The van der Waals surface area contributed by atoms with Crippen LogP contribution in [0, 0.1) is 22.7 Å². The summed E-state index contributed by atoms with van der Waals surface area (Å²) in [5.74, 6) is 0. The Bertz CT molecular complexity index is 243. The topological polar surface area (TPSA) is 71.1 Å². The molecule has 0 aliphatic rings. The zero-order valence-electron chi connectivity index (χ0n) is 8.53. The summed E-state index contributed by atoms with van der Waals surface area (Å²) in [5.41, 5.74) is 0. The Balaban J connectivity index is 4.43. The predicted molar refractivity (Wildman–Crippen MR) is 51.1 cm³/mol. The van der Waals surface area contributed by atoms with E-state index in [2.05, 4.69) is 0 Å². The lowest BCUT2D eigenvalue weighted by Gasteiger charge is -2.25. The summed E-state index contributed by atoms with van der Waals surface area (Å²) in [7, 11) is 0. The van der Waals surface area contributed by atoms with Crippen molar-refractivity contribution in [3.05, 3.63) is 0 Å². The Morgan fingerprint density at radius 2 is 1.50 bits per heavy atom. The molecule has 0 aliphatic carbocycles. The smallest absolute Gasteiger partial charge is 0.321 e. The van der Waals surface area contributed by atoms with Crippen molar-refractivity contribution < 1.29 is 4.79 Å². The van der Waals surface area contributed by atoms with Gasteiger partial charge < -0.3 is 4.90 Å². The van der Waals surface area contributed by atoms with Gasteiger partial charge in [0, 0.05) is 13.1 Å². The number of rotatable bonds is 4. The minimum Gasteiger partial charge on any atom is -0.325 e. The van der Waals surface area contributed by atoms with Gasteiger partial charge in [-0.2, -0.15) is 10.5 Å². The standard InChI is InChI=1S/C9H14N4O/c1-3-12(4-2)9(14)13(7-5-10)8-6-11/h3-4,7-8H2,1-2H3.